The lowest BCUT2D eigenvalue weighted by atomic mass is 10.1. The van der Waals surface area contributed by atoms with Gasteiger partial charge in [0.1, 0.15) is 18.3 Å². The zero-order valence-corrected chi connectivity index (χ0v) is 16.5. The zero-order valence-electron chi connectivity index (χ0n) is 15.7. The lowest BCUT2D eigenvalue weighted by Crippen LogP contribution is -2.40. The summed E-state index contributed by atoms with van der Waals surface area (Å²) in [5.74, 6) is -1.57. The molecular weight excluding hydrogens is 360 g/mol. The van der Waals surface area contributed by atoms with Crippen molar-refractivity contribution in [3.63, 3.8) is 0 Å². The Bertz CT molecular complexity index is 739. The van der Waals surface area contributed by atoms with Gasteiger partial charge in [-0.2, -0.15) is 8.42 Å². The van der Waals surface area contributed by atoms with E-state index in [0.29, 0.717) is 6.61 Å². The van der Waals surface area contributed by atoms with E-state index in [9.17, 15) is 8.42 Å². The summed E-state index contributed by atoms with van der Waals surface area (Å²) in [5.41, 5.74) is 0.972. The number of hydrogen-bond acceptors (Lipinski definition) is 7. The Morgan fingerprint density at radius 2 is 1.69 bits per heavy atom. The van der Waals surface area contributed by atoms with Gasteiger partial charge in [0.2, 0.25) is 0 Å². The summed E-state index contributed by atoms with van der Waals surface area (Å²) in [7, 11) is -3.88. The largest absolute Gasteiger partial charge is 0.348 e. The van der Waals surface area contributed by atoms with Crippen LogP contribution in [-0.4, -0.2) is 51.5 Å². The molecule has 1 aromatic rings. The quantitative estimate of drug-likeness (QED) is 0.719. The fraction of sp³-hybridized carbons (Fsp3) is 0.667. The highest BCUT2D eigenvalue weighted by atomic mass is 32.2. The molecule has 2 aliphatic rings. The smallest absolute Gasteiger partial charge is 0.297 e. The molecule has 7 nitrogen and oxygen atoms in total. The van der Waals surface area contributed by atoms with Gasteiger partial charge in [0.15, 0.2) is 11.6 Å². The average molecular weight is 386 g/mol. The molecule has 0 saturated carbocycles. The molecule has 0 aliphatic carbocycles. The lowest BCUT2D eigenvalue weighted by molar-refractivity contribution is -0.174. The molecule has 2 saturated heterocycles. The molecule has 0 unspecified atom stereocenters. The summed E-state index contributed by atoms with van der Waals surface area (Å²) in [6, 6.07) is 6.50. The van der Waals surface area contributed by atoms with Crippen LogP contribution in [0.4, 0.5) is 0 Å². The second-order valence-electron chi connectivity index (χ2n) is 7.56. The molecule has 0 bridgehead atoms. The lowest BCUT2D eigenvalue weighted by Gasteiger charge is -2.23. The van der Waals surface area contributed by atoms with Crippen molar-refractivity contribution >= 4 is 10.1 Å². The van der Waals surface area contributed by atoms with E-state index in [0.717, 1.165) is 5.56 Å². The van der Waals surface area contributed by atoms with Gasteiger partial charge in [0.05, 0.1) is 18.1 Å². The van der Waals surface area contributed by atoms with Crippen LogP contribution < -0.4 is 0 Å². The highest BCUT2D eigenvalue weighted by Crippen LogP contribution is 2.36. The van der Waals surface area contributed by atoms with E-state index >= 15 is 0 Å². The first kappa shape index (κ1) is 19.7. The van der Waals surface area contributed by atoms with Gasteiger partial charge in [-0.25, -0.2) is 0 Å². The van der Waals surface area contributed by atoms with Gasteiger partial charge in [-0.05, 0) is 46.8 Å². The summed E-state index contributed by atoms with van der Waals surface area (Å²) < 4.78 is 53.3. The van der Waals surface area contributed by atoms with Crippen molar-refractivity contribution in [1.82, 2.24) is 0 Å². The Hall–Kier alpha value is -1.03. The minimum Gasteiger partial charge on any atom is -0.348 e. The Labute approximate surface area is 154 Å². The molecule has 0 radical (unpaired) electrons. The van der Waals surface area contributed by atoms with Crippen LogP contribution in [-0.2, 0) is 33.2 Å². The fourth-order valence-corrected chi connectivity index (χ4v) is 4.03. The SMILES string of the molecule is Cc1ccc(S(=O)(=O)OC[C@@H]2OC(C)(C)O[C@@H]2[C@H]2COC(C)(C)O2)cc1. The van der Waals surface area contributed by atoms with E-state index in [-0.39, 0.29) is 17.6 Å². The minimum atomic E-state index is -3.88. The van der Waals surface area contributed by atoms with Crippen LogP contribution in [0.15, 0.2) is 29.2 Å². The number of hydrogen-bond donors (Lipinski definition) is 0. The van der Waals surface area contributed by atoms with Crippen molar-refractivity contribution in [2.75, 3.05) is 13.2 Å². The van der Waals surface area contributed by atoms with Gasteiger partial charge in [0.25, 0.3) is 10.1 Å². The summed E-state index contributed by atoms with van der Waals surface area (Å²) in [6.45, 7) is 9.26. The fourth-order valence-electron chi connectivity index (χ4n) is 3.11. The molecule has 8 heteroatoms. The van der Waals surface area contributed by atoms with Gasteiger partial charge in [-0.15, -0.1) is 0 Å². The van der Waals surface area contributed by atoms with Crippen molar-refractivity contribution in [1.29, 1.82) is 0 Å². The number of aryl methyl sites for hydroxylation is 1. The topological polar surface area (TPSA) is 80.3 Å². The molecule has 2 heterocycles. The van der Waals surface area contributed by atoms with E-state index in [1.807, 2.05) is 20.8 Å². The van der Waals surface area contributed by atoms with Gasteiger partial charge < -0.3 is 18.9 Å². The predicted octanol–water partition coefficient (Wildman–Crippen LogP) is 2.37. The molecule has 3 atom stereocenters. The maximum absolute atomic E-state index is 12.4. The maximum atomic E-state index is 12.4. The van der Waals surface area contributed by atoms with Crippen molar-refractivity contribution in [3.05, 3.63) is 29.8 Å². The van der Waals surface area contributed by atoms with Crippen LogP contribution in [0.3, 0.4) is 0 Å². The normalized spacial score (nSPS) is 30.6. The molecule has 0 spiro atoms. The summed E-state index contributed by atoms with van der Waals surface area (Å²) in [6.07, 6.45) is -1.44. The Kier molecular flexibility index (Phi) is 5.20. The first-order chi connectivity index (χ1) is 12.0. The number of rotatable bonds is 5. The van der Waals surface area contributed by atoms with Crippen LogP contribution in [0, 0.1) is 6.92 Å². The van der Waals surface area contributed by atoms with Crippen molar-refractivity contribution in [2.45, 2.75) is 69.4 Å². The Morgan fingerprint density at radius 3 is 2.27 bits per heavy atom. The first-order valence-corrected chi connectivity index (χ1v) is 10.0. The summed E-state index contributed by atoms with van der Waals surface area (Å²) in [4.78, 5) is 0.111. The molecule has 0 amide bonds. The standard InChI is InChI=1S/C18H26O7S/c1-12-6-8-13(9-7-12)26(19,20)22-11-15-16(25-18(4,5)24-15)14-10-21-17(2,3)23-14/h6-9,14-16H,10-11H2,1-5H3/t14-,15+,16-/m1/s1. The minimum absolute atomic E-state index is 0.111. The van der Waals surface area contributed by atoms with Crippen molar-refractivity contribution in [2.24, 2.45) is 0 Å². The third kappa shape index (κ3) is 4.44. The van der Waals surface area contributed by atoms with Gasteiger partial charge in [-0.1, -0.05) is 17.7 Å². The summed E-state index contributed by atoms with van der Waals surface area (Å²) >= 11 is 0. The van der Waals surface area contributed by atoms with E-state index < -0.39 is 33.9 Å². The third-order valence-corrected chi connectivity index (χ3v) is 5.61. The second-order valence-corrected chi connectivity index (χ2v) is 9.17. The van der Waals surface area contributed by atoms with E-state index in [1.165, 1.54) is 12.1 Å². The zero-order chi connectivity index (χ0) is 19.2. The molecule has 1 aromatic carbocycles. The van der Waals surface area contributed by atoms with Crippen LogP contribution in [0.5, 0.6) is 0 Å². The second kappa shape index (κ2) is 6.85. The molecule has 2 fully saturated rings. The summed E-state index contributed by atoms with van der Waals surface area (Å²) in [5, 5.41) is 0. The van der Waals surface area contributed by atoms with Crippen LogP contribution in [0.2, 0.25) is 0 Å². The van der Waals surface area contributed by atoms with Crippen LogP contribution in [0.1, 0.15) is 33.3 Å². The van der Waals surface area contributed by atoms with E-state index in [2.05, 4.69) is 0 Å². The predicted molar refractivity (Wildman–Crippen MR) is 93.0 cm³/mol. The third-order valence-electron chi connectivity index (χ3n) is 4.32. The van der Waals surface area contributed by atoms with Gasteiger partial charge in [0, 0.05) is 0 Å². The molecule has 0 aromatic heterocycles. The highest BCUT2D eigenvalue weighted by molar-refractivity contribution is 7.86. The molecule has 26 heavy (non-hydrogen) atoms. The van der Waals surface area contributed by atoms with Crippen LogP contribution >= 0.6 is 0 Å². The van der Waals surface area contributed by atoms with Crippen molar-refractivity contribution in [3.8, 4) is 0 Å². The first-order valence-electron chi connectivity index (χ1n) is 8.61. The molecule has 0 N–H and O–H groups in total. The molecular formula is C18H26O7S. The molecule has 3 rings (SSSR count). The van der Waals surface area contributed by atoms with Gasteiger partial charge in [-0.3, -0.25) is 4.18 Å². The van der Waals surface area contributed by atoms with Crippen molar-refractivity contribution < 1.29 is 31.5 Å². The maximum Gasteiger partial charge on any atom is 0.297 e. The van der Waals surface area contributed by atoms with E-state index in [1.54, 1.807) is 26.0 Å². The van der Waals surface area contributed by atoms with Crippen LogP contribution in [0.25, 0.3) is 0 Å². The van der Waals surface area contributed by atoms with Gasteiger partial charge >= 0.3 is 0 Å². The Morgan fingerprint density at radius 1 is 1.04 bits per heavy atom. The number of ether oxygens (including phenoxy) is 4. The highest BCUT2D eigenvalue weighted by Gasteiger charge is 2.50. The van der Waals surface area contributed by atoms with E-state index in [4.69, 9.17) is 23.1 Å². The molecule has 146 valence electrons. The monoisotopic (exact) mass is 386 g/mol. The number of benzene rings is 1. The Balaban J connectivity index is 1.69. The average Bonchev–Trinajstić information content (AvgIpc) is 3.04. The molecule has 2 aliphatic heterocycles.